The highest BCUT2D eigenvalue weighted by atomic mass is 16.5. The van der Waals surface area contributed by atoms with Gasteiger partial charge < -0.3 is 20.1 Å². The predicted molar refractivity (Wildman–Crippen MR) is 88.3 cm³/mol. The van der Waals surface area contributed by atoms with Crippen LogP contribution in [0.5, 0.6) is 0 Å². The van der Waals surface area contributed by atoms with Crippen LogP contribution in [0.25, 0.3) is 0 Å². The molecule has 2 atom stereocenters. The van der Waals surface area contributed by atoms with Gasteiger partial charge in [0, 0.05) is 19.6 Å². The van der Waals surface area contributed by atoms with Crippen LogP contribution in [-0.4, -0.2) is 55.0 Å². The van der Waals surface area contributed by atoms with Gasteiger partial charge in [0.1, 0.15) is 0 Å². The molecule has 0 spiro atoms. The zero-order chi connectivity index (χ0) is 16.1. The molecule has 5 nitrogen and oxygen atoms in total. The van der Waals surface area contributed by atoms with Crippen molar-refractivity contribution in [2.24, 2.45) is 5.92 Å². The maximum atomic E-state index is 12.2. The van der Waals surface area contributed by atoms with Crippen molar-refractivity contribution in [3.63, 3.8) is 0 Å². The molecule has 2 aliphatic rings. The Kier molecular flexibility index (Phi) is 5.51. The van der Waals surface area contributed by atoms with Crippen LogP contribution in [0.3, 0.4) is 0 Å². The van der Waals surface area contributed by atoms with E-state index in [0.29, 0.717) is 18.4 Å². The number of carbonyl (C=O) groups excluding carboxylic acids is 1. The first-order valence-electron chi connectivity index (χ1n) is 8.58. The first-order valence-corrected chi connectivity index (χ1v) is 8.58. The minimum atomic E-state index is 0.0457. The summed E-state index contributed by atoms with van der Waals surface area (Å²) in [6.45, 7) is 2.67. The molecule has 126 valence electrons. The Balaban J connectivity index is 1.35. The first-order chi connectivity index (χ1) is 11.3. The van der Waals surface area contributed by atoms with Crippen LogP contribution in [-0.2, 0) is 4.74 Å². The molecule has 1 saturated heterocycles. The van der Waals surface area contributed by atoms with Gasteiger partial charge in [-0.15, -0.1) is 0 Å². The number of rotatable bonds is 6. The highest BCUT2D eigenvalue weighted by molar-refractivity contribution is 5.74. The van der Waals surface area contributed by atoms with Crippen molar-refractivity contribution in [2.45, 2.75) is 31.3 Å². The SMILES string of the molecule is O=C(NC[C@@H]1C[C@H]1c1ccccc1)N1CCC(OCCO)CC1. The number of nitrogens with zero attached hydrogens (tertiary/aromatic N) is 1. The molecular formula is C18H26N2O3. The fourth-order valence-electron chi connectivity index (χ4n) is 3.36. The largest absolute Gasteiger partial charge is 0.394 e. The van der Waals surface area contributed by atoms with Gasteiger partial charge >= 0.3 is 6.03 Å². The van der Waals surface area contributed by atoms with Gasteiger partial charge in [0.05, 0.1) is 19.3 Å². The Labute approximate surface area is 137 Å². The smallest absolute Gasteiger partial charge is 0.317 e. The zero-order valence-corrected chi connectivity index (χ0v) is 13.5. The molecule has 0 bridgehead atoms. The molecule has 1 aliphatic heterocycles. The van der Waals surface area contributed by atoms with Gasteiger partial charge in [-0.3, -0.25) is 0 Å². The van der Waals surface area contributed by atoms with Crippen molar-refractivity contribution in [2.75, 3.05) is 32.8 Å². The molecule has 0 radical (unpaired) electrons. The Morgan fingerprint density at radius 1 is 1.26 bits per heavy atom. The number of nitrogens with one attached hydrogen (secondary N) is 1. The van der Waals surface area contributed by atoms with E-state index in [2.05, 4.69) is 29.6 Å². The second-order valence-corrected chi connectivity index (χ2v) is 6.48. The number of piperidine rings is 1. The Morgan fingerprint density at radius 3 is 2.70 bits per heavy atom. The molecule has 1 saturated carbocycles. The van der Waals surface area contributed by atoms with Crippen LogP contribution in [0.1, 0.15) is 30.7 Å². The minimum absolute atomic E-state index is 0.0457. The molecule has 1 aromatic rings. The van der Waals surface area contributed by atoms with E-state index in [0.717, 1.165) is 32.5 Å². The quantitative estimate of drug-likeness (QED) is 0.843. The van der Waals surface area contributed by atoms with Crippen LogP contribution in [0.4, 0.5) is 4.79 Å². The summed E-state index contributed by atoms with van der Waals surface area (Å²) in [6, 6.07) is 10.6. The summed E-state index contributed by atoms with van der Waals surface area (Å²) < 4.78 is 5.52. The lowest BCUT2D eigenvalue weighted by Gasteiger charge is -2.31. The predicted octanol–water partition coefficient (Wildman–Crippen LogP) is 1.97. The third kappa shape index (κ3) is 4.45. The molecule has 1 aromatic carbocycles. The number of likely N-dealkylation sites (tertiary alicyclic amines) is 1. The van der Waals surface area contributed by atoms with E-state index in [-0.39, 0.29) is 18.7 Å². The van der Waals surface area contributed by atoms with Crippen LogP contribution in [0.15, 0.2) is 30.3 Å². The maximum absolute atomic E-state index is 12.2. The van der Waals surface area contributed by atoms with Gasteiger partial charge in [0.25, 0.3) is 0 Å². The average molecular weight is 318 g/mol. The lowest BCUT2D eigenvalue weighted by atomic mass is 10.1. The van der Waals surface area contributed by atoms with Crippen LogP contribution in [0.2, 0.25) is 0 Å². The standard InChI is InChI=1S/C18H26N2O3/c21-10-11-23-16-6-8-20(9-7-16)18(22)19-13-15-12-17(15)14-4-2-1-3-5-14/h1-5,15-17,21H,6-13H2,(H,19,22)/t15-,17-/m0/s1. The first kappa shape index (κ1) is 16.3. The average Bonchev–Trinajstić information content (AvgIpc) is 3.39. The van der Waals surface area contributed by atoms with Crippen molar-refractivity contribution >= 4 is 6.03 Å². The molecule has 3 rings (SSSR count). The van der Waals surface area contributed by atoms with E-state index in [9.17, 15) is 4.79 Å². The summed E-state index contributed by atoms with van der Waals surface area (Å²) in [4.78, 5) is 14.1. The summed E-state index contributed by atoms with van der Waals surface area (Å²) in [5, 5.41) is 11.8. The van der Waals surface area contributed by atoms with Gasteiger partial charge in [-0.2, -0.15) is 0 Å². The van der Waals surface area contributed by atoms with Gasteiger partial charge in [0.15, 0.2) is 0 Å². The molecule has 5 heteroatoms. The van der Waals surface area contributed by atoms with E-state index >= 15 is 0 Å². The number of aliphatic hydroxyl groups is 1. The lowest BCUT2D eigenvalue weighted by Crippen LogP contribution is -2.46. The summed E-state index contributed by atoms with van der Waals surface area (Å²) in [5.74, 6) is 1.18. The topological polar surface area (TPSA) is 61.8 Å². The fourth-order valence-corrected chi connectivity index (χ4v) is 3.36. The van der Waals surface area contributed by atoms with E-state index < -0.39 is 0 Å². The highest BCUT2D eigenvalue weighted by Gasteiger charge is 2.38. The van der Waals surface area contributed by atoms with E-state index in [1.807, 2.05) is 11.0 Å². The number of hydrogen-bond acceptors (Lipinski definition) is 3. The Hall–Kier alpha value is -1.59. The number of benzene rings is 1. The lowest BCUT2D eigenvalue weighted by molar-refractivity contribution is -0.00167. The number of amides is 2. The van der Waals surface area contributed by atoms with E-state index in [1.54, 1.807) is 0 Å². The summed E-state index contributed by atoms with van der Waals surface area (Å²) in [6.07, 6.45) is 3.05. The second-order valence-electron chi connectivity index (χ2n) is 6.48. The minimum Gasteiger partial charge on any atom is -0.394 e. The third-order valence-corrected chi connectivity index (χ3v) is 4.84. The number of hydrogen-bond donors (Lipinski definition) is 2. The number of ether oxygens (including phenoxy) is 1. The van der Waals surface area contributed by atoms with Crippen LogP contribution >= 0.6 is 0 Å². The highest BCUT2D eigenvalue weighted by Crippen LogP contribution is 2.46. The summed E-state index contributed by atoms with van der Waals surface area (Å²) >= 11 is 0. The molecule has 0 aromatic heterocycles. The fraction of sp³-hybridized carbons (Fsp3) is 0.611. The summed E-state index contributed by atoms with van der Waals surface area (Å²) in [5.41, 5.74) is 1.38. The maximum Gasteiger partial charge on any atom is 0.317 e. The van der Waals surface area contributed by atoms with Crippen molar-refractivity contribution in [3.8, 4) is 0 Å². The van der Waals surface area contributed by atoms with Crippen molar-refractivity contribution in [1.82, 2.24) is 10.2 Å². The van der Waals surface area contributed by atoms with Gasteiger partial charge in [-0.05, 0) is 36.7 Å². The van der Waals surface area contributed by atoms with Gasteiger partial charge in [0.2, 0.25) is 0 Å². The molecule has 0 unspecified atom stereocenters. The molecule has 2 N–H and O–H groups in total. The van der Waals surface area contributed by atoms with Gasteiger partial charge in [-0.25, -0.2) is 4.79 Å². The zero-order valence-electron chi connectivity index (χ0n) is 13.5. The normalized spacial score (nSPS) is 24.5. The molecule has 1 aliphatic carbocycles. The molecule has 1 heterocycles. The Bertz CT molecular complexity index is 500. The number of urea groups is 1. The number of aliphatic hydroxyl groups excluding tert-OH is 1. The van der Waals surface area contributed by atoms with Crippen molar-refractivity contribution in [1.29, 1.82) is 0 Å². The monoisotopic (exact) mass is 318 g/mol. The third-order valence-electron chi connectivity index (χ3n) is 4.84. The second kappa shape index (κ2) is 7.79. The van der Waals surface area contributed by atoms with Gasteiger partial charge in [-0.1, -0.05) is 30.3 Å². The van der Waals surface area contributed by atoms with Crippen LogP contribution < -0.4 is 5.32 Å². The molecule has 23 heavy (non-hydrogen) atoms. The molecular weight excluding hydrogens is 292 g/mol. The summed E-state index contributed by atoms with van der Waals surface area (Å²) in [7, 11) is 0. The van der Waals surface area contributed by atoms with E-state index in [1.165, 1.54) is 12.0 Å². The van der Waals surface area contributed by atoms with E-state index in [4.69, 9.17) is 9.84 Å². The van der Waals surface area contributed by atoms with Crippen LogP contribution in [0, 0.1) is 5.92 Å². The Morgan fingerprint density at radius 2 is 2.00 bits per heavy atom. The van der Waals surface area contributed by atoms with Crippen molar-refractivity contribution < 1.29 is 14.6 Å². The molecule has 2 amide bonds. The molecule has 2 fully saturated rings. The number of carbonyl (C=O) groups is 1. The van der Waals surface area contributed by atoms with Crippen molar-refractivity contribution in [3.05, 3.63) is 35.9 Å².